The molecule has 0 bridgehead atoms. The lowest BCUT2D eigenvalue weighted by Gasteiger charge is -2.00. The molecule has 0 N–H and O–H groups in total. The largest absolute Gasteiger partial charge is 0.854 e. The Morgan fingerprint density at radius 2 is 1.44 bits per heavy atom. The summed E-state index contributed by atoms with van der Waals surface area (Å²) in [6.45, 7) is 3.84. The van der Waals surface area contributed by atoms with Crippen molar-refractivity contribution in [2.75, 3.05) is 6.61 Å². The minimum absolute atomic E-state index is 0.102. The van der Waals surface area contributed by atoms with E-state index < -0.39 is 0 Å². The Kier molecular flexibility index (Phi) is 7.68. The van der Waals surface area contributed by atoms with Crippen LogP contribution in [0.3, 0.4) is 0 Å². The van der Waals surface area contributed by atoms with Gasteiger partial charge in [-0.2, -0.15) is 0 Å². The molecule has 0 amide bonds. The molecule has 0 atom stereocenters. The second-order valence-electron chi connectivity index (χ2n) is 2.33. The van der Waals surface area contributed by atoms with E-state index in [-0.39, 0.29) is 6.61 Å². The Hall–Kier alpha value is -0.170. The van der Waals surface area contributed by atoms with Crippen LogP contribution in [-0.4, -0.2) is 6.61 Å². The van der Waals surface area contributed by atoms with Crippen molar-refractivity contribution in [3.8, 4) is 0 Å². The van der Waals surface area contributed by atoms with Gasteiger partial charge in [0.2, 0.25) is 0 Å². The Morgan fingerprint density at radius 3 is 2.00 bits per heavy atom. The molecule has 0 spiro atoms. The van der Waals surface area contributed by atoms with Crippen LogP contribution in [0.25, 0.3) is 0 Å². The van der Waals surface area contributed by atoms with E-state index in [0.717, 1.165) is 19.3 Å². The van der Waals surface area contributed by atoms with Crippen LogP contribution in [0.5, 0.6) is 0 Å². The summed E-state index contributed by atoms with van der Waals surface area (Å²) < 4.78 is 0. The quantitative estimate of drug-likeness (QED) is 0.393. The summed E-state index contributed by atoms with van der Waals surface area (Å²) in [5, 5.41) is 9.95. The number of hydrogen-bond donors (Lipinski definition) is 0. The first-order valence-electron chi connectivity index (χ1n) is 3.79. The van der Waals surface area contributed by atoms with E-state index in [1.165, 1.54) is 19.3 Å². The normalized spacial score (nSPS) is 9.89. The van der Waals surface area contributed by atoms with E-state index in [1.807, 2.05) is 0 Å². The first kappa shape index (κ1) is 8.83. The lowest BCUT2D eigenvalue weighted by molar-refractivity contribution is -0.368. The van der Waals surface area contributed by atoms with Crippen molar-refractivity contribution in [2.24, 2.45) is 0 Å². The highest BCUT2D eigenvalue weighted by atomic mass is 16.2. The fourth-order valence-electron chi connectivity index (χ4n) is 0.809. The Labute approximate surface area is 58.1 Å². The third-order valence-corrected chi connectivity index (χ3v) is 1.39. The predicted molar refractivity (Wildman–Crippen MR) is 37.9 cm³/mol. The van der Waals surface area contributed by atoms with Gasteiger partial charge in [0.1, 0.15) is 0 Å². The topological polar surface area (TPSA) is 23.1 Å². The molecule has 0 fully saturated rings. The molecule has 0 heterocycles. The minimum atomic E-state index is 0.102. The third-order valence-electron chi connectivity index (χ3n) is 1.39. The van der Waals surface area contributed by atoms with Gasteiger partial charge in [-0.15, -0.1) is 6.61 Å². The predicted octanol–water partition coefficient (Wildman–Crippen LogP) is 1.52. The Bertz CT molecular complexity index is 37.8. The van der Waals surface area contributed by atoms with Gasteiger partial charge in [-0.3, -0.25) is 0 Å². The van der Waals surface area contributed by atoms with Gasteiger partial charge in [0.05, 0.1) is 13.3 Å². The smallest absolute Gasteiger partial charge is 0.0850 e. The molecule has 0 saturated carbocycles. The zero-order valence-corrected chi connectivity index (χ0v) is 6.07. The zero-order chi connectivity index (χ0) is 6.95. The summed E-state index contributed by atoms with van der Waals surface area (Å²) in [6.07, 6.45) is 6.71. The molecule has 1 nitrogen and oxygen atoms in total. The SMILES string of the molecule is [CH2+]CCCCCCC[O-]. The van der Waals surface area contributed by atoms with Crippen LogP contribution in [-0.2, 0) is 0 Å². The van der Waals surface area contributed by atoms with Crippen LogP contribution in [0.4, 0.5) is 0 Å². The lowest BCUT2D eigenvalue weighted by Crippen LogP contribution is -2.04. The molecule has 0 aromatic heterocycles. The highest BCUT2D eigenvalue weighted by Gasteiger charge is 1.86. The fraction of sp³-hybridized carbons (Fsp3) is 0.875. The van der Waals surface area contributed by atoms with E-state index in [2.05, 4.69) is 6.92 Å². The van der Waals surface area contributed by atoms with Crippen molar-refractivity contribution in [3.05, 3.63) is 6.92 Å². The molecule has 0 aliphatic carbocycles. The molecule has 0 aliphatic rings. The van der Waals surface area contributed by atoms with Crippen LogP contribution < -0.4 is 5.11 Å². The van der Waals surface area contributed by atoms with E-state index in [0.29, 0.717) is 0 Å². The van der Waals surface area contributed by atoms with E-state index in [9.17, 15) is 5.11 Å². The Balaban J connectivity index is 2.60. The van der Waals surface area contributed by atoms with Gasteiger partial charge in [-0.05, 0) is 12.8 Å². The molecule has 1 heteroatoms. The summed E-state index contributed by atoms with van der Waals surface area (Å²) in [5.74, 6) is 0. The molecule has 0 aromatic carbocycles. The second-order valence-corrected chi connectivity index (χ2v) is 2.33. The van der Waals surface area contributed by atoms with Crippen molar-refractivity contribution < 1.29 is 5.11 Å². The molecule has 0 aromatic rings. The number of unbranched alkanes of at least 4 members (excludes halogenated alkanes) is 5. The van der Waals surface area contributed by atoms with Crippen molar-refractivity contribution in [2.45, 2.75) is 38.5 Å². The second kappa shape index (κ2) is 7.83. The standard InChI is InChI=1S/C8H16O/c1-2-3-4-5-6-7-8-9/h1-8H2. The van der Waals surface area contributed by atoms with Crippen molar-refractivity contribution >= 4 is 0 Å². The van der Waals surface area contributed by atoms with Crippen LogP contribution in [0.1, 0.15) is 38.5 Å². The number of hydrogen-bond acceptors (Lipinski definition) is 1. The molecule has 0 saturated heterocycles. The molecule has 9 heavy (non-hydrogen) atoms. The average Bonchev–Trinajstić information content (AvgIpc) is 1.89. The number of rotatable bonds is 6. The summed E-state index contributed by atoms with van der Waals surface area (Å²) in [6, 6.07) is 0. The van der Waals surface area contributed by atoms with E-state index >= 15 is 0 Å². The first-order chi connectivity index (χ1) is 4.41. The molecular weight excluding hydrogens is 112 g/mol. The highest BCUT2D eigenvalue weighted by molar-refractivity contribution is 4.44. The van der Waals surface area contributed by atoms with Gasteiger partial charge in [0.25, 0.3) is 0 Å². The molecular formula is C8H16O. The van der Waals surface area contributed by atoms with Gasteiger partial charge >= 0.3 is 0 Å². The minimum Gasteiger partial charge on any atom is -0.854 e. The average molecular weight is 128 g/mol. The summed E-state index contributed by atoms with van der Waals surface area (Å²) >= 11 is 0. The van der Waals surface area contributed by atoms with Crippen LogP contribution in [0.15, 0.2) is 0 Å². The van der Waals surface area contributed by atoms with Crippen molar-refractivity contribution in [1.29, 1.82) is 0 Å². The fourth-order valence-corrected chi connectivity index (χ4v) is 0.809. The van der Waals surface area contributed by atoms with Gasteiger partial charge in [0.15, 0.2) is 0 Å². The van der Waals surface area contributed by atoms with Crippen molar-refractivity contribution in [1.82, 2.24) is 0 Å². The molecule has 0 rings (SSSR count). The van der Waals surface area contributed by atoms with Gasteiger partial charge < -0.3 is 5.11 Å². The molecule has 0 aliphatic heterocycles. The summed E-state index contributed by atoms with van der Waals surface area (Å²) in [7, 11) is 0. The van der Waals surface area contributed by atoms with Gasteiger partial charge in [-0.25, -0.2) is 0 Å². The van der Waals surface area contributed by atoms with Gasteiger partial charge in [-0.1, -0.05) is 19.3 Å². The maximum Gasteiger partial charge on any atom is 0.0850 e. The summed E-state index contributed by atoms with van der Waals surface area (Å²) in [5.41, 5.74) is 0. The lowest BCUT2D eigenvalue weighted by atomic mass is 10.1. The Morgan fingerprint density at radius 1 is 0.889 bits per heavy atom. The van der Waals surface area contributed by atoms with Crippen LogP contribution in [0.2, 0.25) is 0 Å². The monoisotopic (exact) mass is 128 g/mol. The van der Waals surface area contributed by atoms with Crippen molar-refractivity contribution in [3.63, 3.8) is 0 Å². The molecule has 0 unspecified atom stereocenters. The van der Waals surface area contributed by atoms with Crippen LogP contribution in [0, 0.1) is 6.92 Å². The first-order valence-corrected chi connectivity index (χ1v) is 3.79. The zero-order valence-electron chi connectivity index (χ0n) is 6.07. The van der Waals surface area contributed by atoms with E-state index in [1.54, 1.807) is 0 Å². The maximum absolute atomic E-state index is 9.95. The maximum atomic E-state index is 9.95. The van der Waals surface area contributed by atoms with E-state index in [4.69, 9.17) is 0 Å². The molecule has 0 radical (unpaired) electrons. The third kappa shape index (κ3) is 7.83. The highest BCUT2D eigenvalue weighted by Crippen LogP contribution is 2.03. The summed E-state index contributed by atoms with van der Waals surface area (Å²) in [4.78, 5) is 0. The van der Waals surface area contributed by atoms with Crippen LogP contribution >= 0.6 is 0 Å². The molecule has 54 valence electrons. The van der Waals surface area contributed by atoms with Gasteiger partial charge in [0, 0.05) is 0 Å².